The van der Waals surface area contributed by atoms with Crippen molar-refractivity contribution in [3.63, 3.8) is 0 Å². The maximum Gasteiger partial charge on any atom is 0.306 e. The van der Waals surface area contributed by atoms with Crippen LogP contribution in [0, 0.1) is 11.8 Å². The Morgan fingerprint density at radius 1 is 1.07 bits per heavy atom. The lowest BCUT2D eigenvalue weighted by Gasteiger charge is -2.27. The number of fused-ring (bicyclic) bond motifs is 1. The molecule has 1 aliphatic carbocycles. The highest BCUT2D eigenvalue weighted by molar-refractivity contribution is 5.70. The van der Waals surface area contributed by atoms with Gasteiger partial charge in [-0.15, -0.1) is 0 Å². The molecule has 3 atom stereocenters. The lowest BCUT2D eigenvalue weighted by atomic mass is 9.81. The van der Waals surface area contributed by atoms with Crippen LogP contribution in [-0.2, 0) is 4.79 Å². The average molecular weight is 211 g/mol. The number of hydrogen-bond acceptors (Lipinski definition) is 2. The molecule has 0 aromatic heterocycles. The summed E-state index contributed by atoms with van der Waals surface area (Å²) in [5, 5.41) is 12.8. The fraction of sp³-hybridized carbons (Fsp3) is 0.917. The number of aliphatic carboxylic acids is 1. The molecule has 3 heteroatoms. The lowest BCUT2D eigenvalue weighted by Crippen LogP contribution is -2.38. The second-order valence-electron chi connectivity index (χ2n) is 4.95. The van der Waals surface area contributed by atoms with E-state index in [-0.39, 0.29) is 5.92 Å². The number of carbonyl (C=O) groups is 1. The average Bonchev–Trinajstić information content (AvgIpc) is 2.51. The molecule has 1 saturated heterocycles. The fourth-order valence-electron chi connectivity index (χ4n) is 3.20. The first-order valence-corrected chi connectivity index (χ1v) is 6.25. The number of hydrogen-bond donors (Lipinski definition) is 2. The summed E-state index contributed by atoms with van der Waals surface area (Å²) in [4.78, 5) is 11.2. The summed E-state index contributed by atoms with van der Waals surface area (Å²) in [6, 6.07) is 0.469. The van der Waals surface area contributed by atoms with E-state index in [0.29, 0.717) is 12.0 Å². The van der Waals surface area contributed by atoms with Crippen molar-refractivity contribution in [1.82, 2.24) is 5.32 Å². The highest BCUT2D eigenvalue weighted by Crippen LogP contribution is 2.33. The molecule has 1 heterocycles. The molecule has 2 aliphatic rings. The van der Waals surface area contributed by atoms with Crippen LogP contribution < -0.4 is 5.32 Å². The molecule has 3 unspecified atom stereocenters. The quantitative estimate of drug-likeness (QED) is 0.697. The van der Waals surface area contributed by atoms with Crippen LogP contribution in [0.3, 0.4) is 0 Å². The molecular formula is C12H21NO2. The molecule has 0 aromatic carbocycles. The topological polar surface area (TPSA) is 49.3 Å². The van der Waals surface area contributed by atoms with Crippen molar-refractivity contribution >= 4 is 5.97 Å². The molecule has 15 heavy (non-hydrogen) atoms. The minimum absolute atomic E-state index is 0.0944. The van der Waals surface area contributed by atoms with Gasteiger partial charge in [0.05, 0.1) is 5.92 Å². The van der Waals surface area contributed by atoms with Gasteiger partial charge in [-0.25, -0.2) is 0 Å². The Morgan fingerprint density at radius 3 is 2.67 bits per heavy atom. The van der Waals surface area contributed by atoms with Gasteiger partial charge in [-0.2, -0.15) is 0 Å². The van der Waals surface area contributed by atoms with Crippen LogP contribution in [0.25, 0.3) is 0 Å². The predicted octanol–water partition coefficient (Wildman–Crippen LogP) is 2.02. The molecule has 1 aliphatic heterocycles. The molecule has 0 radical (unpaired) electrons. The third-order valence-electron chi connectivity index (χ3n) is 4.00. The van der Waals surface area contributed by atoms with Crippen LogP contribution in [0.5, 0.6) is 0 Å². The Hall–Kier alpha value is -0.570. The Bertz CT molecular complexity index is 228. The van der Waals surface area contributed by atoms with Crippen molar-refractivity contribution in [3.05, 3.63) is 0 Å². The molecule has 0 amide bonds. The molecular weight excluding hydrogens is 190 g/mol. The zero-order valence-corrected chi connectivity index (χ0v) is 9.24. The summed E-state index contributed by atoms with van der Waals surface area (Å²) in [5.74, 6) is -0.286. The van der Waals surface area contributed by atoms with Crippen molar-refractivity contribution in [2.24, 2.45) is 11.8 Å². The van der Waals surface area contributed by atoms with Crippen LogP contribution in [-0.4, -0.2) is 23.7 Å². The fourth-order valence-corrected chi connectivity index (χ4v) is 3.20. The van der Waals surface area contributed by atoms with Crippen LogP contribution >= 0.6 is 0 Å². The summed E-state index contributed by atoms with van der Waals surface area (Å²) >= 11 is 0. The van der Waals surface area contributed by atoms with Crippen molar-refractivity contribution < 1.29 is 9.90 Å². The van der Waals surface area contributed by atoms with Gasteiger partial charge in [0.1, 0.15) is 0 Å². The third kappa shape index (κ3) is 2.51. The van der Waals surface area contributed by atoms with Gasteiger partial charge in [0.15, 0.2) is 0 Å². The minimum atomic E-state index is -0.574. The number of carboxylic acids is 1. The maximum atomic E-state index is 11.2. The van der Waals surface area contributed by atoms with E-state index in [1.54, 1.807) is 0 Å². The van der Waals surface area contributed by atoms with Gasteiger partial charge in [-0.3, -0.25) is 4.79 Å². The first-order valence-electron chi connectivity index (χ1n) is 6.25. The molecule has 0 bridgehead atoms. The Kier molecular flexibility index (Phi) is 3.62. The largest absolute Gasteiger partial charge is 0.481 e. The van der Waals surface area contributed by atoms with Gasteiger partial charge in [0, 0.05) is 6.04 Å². The van der Waals surface area contributed by atoms with E-state index in [4.69, 9.17) is 0 Å². The van der Waals surface area contributed by atoms with Crippen LogP contribution in [0.1, 0.15) is 44.9 Å². The van der Waals surface area contributed by atoms with Crippen molar-refractivity contribution in [2.45, 2.75) is 51.0 Å². The van der Waals surface area contributed by atoms with Crippen LogP contribution in [0.15, 0.2) is 0 Å². The zero-order chi connectivity index (χ0) is 10.7. The van der Waals surface area contributed by atoms with E-state index in [0.717, 1.165) is 25.8 Å². The normalized spacial score (nSPS) is 37.5. The smallest absolute Gasteiger partial charge is 0.306 e. The summed E-state index contributed by atoms with van der Waals surface area (Å²) in [6.45, 7) is 1.00. The predicted molar refractivity (Wildman–Crippen MR) is 58.7 cm³/mol. The van der Waals surface area contributed by atoms with Crippen molar-refractivity contribution in [2.75, 3.05) is 6.54 Å². The molecule has 2 N–H and O–H groups in total. The van der Waals surface area contributed by atoms with E-state index in [2.05, 4.69) is 5.32 Å². The van der Waals surface area contributed by atoms with Gasteiger partial charge in [0.2, 0.25) is 0 Å². The SMILES string of the molecule is O=C(O)C1CCCNC2CCCCCC21. The molecule has 0 spiro atoms. The summed E-state index contributed by atoms with van der Waals surface area (Å²) in [6.07, 6.45) is 7.92. The summed E-state index contributed by atoms with van der Waals surface area (Å²) < 4.78 is 0. The van der Waals surface area contributed by atoms with Crippen LogP contribution in [0.4, 0.5) is 0 Å². The van der Waals surface area contributed by atoms with E-state index in [9.17, 15) is 9.90 Å². The van der Waals surface area contributed by atoms with Crippen molar-refractivity contribution in [3.8, 4) is 0 Å². The number of carboxylic acid groups (broad SMARTS) is 1. The third-order valence-corrected chi connectivity index (χ3v) is 4.00. The van der Waals surface area contributed by atoms with Gasteiger partial charge in [0.25, 0.3) is 0 Å². The lowest BCUT2D eigenvalue weighted by molar-refractivity contribution is -0.144. The standard InChI is InChI=1S/C12H21NO2/c14-12(15)10-6-4-8-13-11-7-3-1-2-5-9(10)11/h9-11,13H,1-8H2,(H,14,15). The molecule has 2 rings (SSSR count). The Balaban J connectivity index is 2.12. The van der Waals surface area contributed by atoms with E-state index in [1.807, 2.05) is 0 Å². The highest BCUT2D eigenvalue weighted by Gasteiger charge is 2.35. The van der Waals surface area contributed by atoms with E-state index >= 15 is 0 Å². The molecule has 0 aromatic rings. The molecule has 2 fully saturated rings. The summed E-state index contributed by atoms with van der Waals surface area (Å²) in [5.41, 5.74) is 0. The van der Waals surface area contributed by atoms with Gasteiger partial charge in [-0.1, -0.05) is 19.3 Å². The van der Waals surface area contributed by atoms with E-state index < -0.39 is 5.97 Å². The second-order valence-corrected chi connectivity index (χ2v) is 4.95. The van der Waals surface area contributed by atoms with Crippen LogP contribution in [0.2, 0.25) is 0 Å². The molecule has 1 saturated carbocycles. The Morgan fingerprint density at radius 2 is 1.87 bits per heavy atom. The van der Waals surface area contributed by atoms with E-state index in [1.165, 1.54) is 25.7 Å². The first kappa shape index (κ1) is 10.9. The number of nitrogens with one attached hydrogen (secondary N) is 1. The highest BCUT2D eigenvalue weighted by atomic mass is 16.4. The second kappa shape index (κ2) is 4.97. The monoisotopic (exact) mass is 211 g/mol. The van der Waals surface area contributed by atoms with Gasteiger partial charge in [-0.05, 0) is 38.1 Å². The molecule has 86 valence electrons. The van der Waals surface area contributed by atoms with Crippen molar-refractivity contribution in [1.29, 1.82) is 0 Å². The van der Waals surface area contributed by atoms with Gasteiger partial charge < -0.3 is 10.4 Å². The molecule has 3 nitrogen and oxygen atoms in total. The van der Waals surface area contributed by atoms with Gasteiger partial charge >= 0.3 is 5.97 Å². The maximum absolute atomic E-state index is 11.2. The first-order chi connectivity index (χ1) is 7.29. The zero-order valence-electron chi connectivity index (χ0n) is 9.24. The Labute approximate surface area is 91.2 Å². The summed E-state index contributed by atoms with van der Waals surface area (Å²) in [7, 11) is 0. The minimum Gasteiger partial charge on any atom is -0.481 e. The number of rotatable bonds is 1.